The molecule has 0 aliphatic carbocycles. The van der Waals surface area contributed by atoms with Crippen molar-refractivity contribution >= 4 is 33.3 Å². The van der Waals surface area contributed by atoms with Gasteiger partial charge in [0.05, 0.1) is 13.0 Å². The highest BCUT2D eigenvalue weighted by Gasteiger charge is 2.28. The van der Waals surface area contributed by atoms with Crippen molar-refractivity contribution in [3.05, 3.63) is 28.2 Å². The molecule has 0 N–H and O–H groups in total. The van der Waals surface area contributed by atoms with E-state index in [1.165, 1.54) is 4.90 Å². The smallest absolute Gasteiger partial charge is 0.234 e. The van der Waals surface area contributed by atoms with E-state index in [-0.39, 0.29) is 24.7 Å². The number of halogens is 1. The summed E-state index contributed by atoms with van der Waals surface area (Å²) in [7, 11) is 0. The molecule has 4 heteroatoms. The summed E-state index contributed by atoms with van der Waals surface area (Å²) in [5.74, 6) is -0.123. The van der Waals surface area contributed by atoms with Crippen LogP contribution in [0.3, 0.4) is 0 Å². The number of hydrogen-bond acceptors (Lipinski definition) is 2. The molecule has 1 aromatic rings. The van der Waals surface area contributed by atoms with E-state index in [0.717, 1.165) is 15.7 Å². The molecule has 0 spiro atoms. The van der Waals surface area contributed by atoms with Crippen LogP contribution in [-0.2, 0) is 9.59 Å². The van der Waals surface area contributed by atoms with Gasteiger partial charge in [-0.3, -0.25) is 9.59 Å². The Morgan fingerprint density at radius 3 is 2.60 bits per heavy atom. The van der Waals surface area contributed by atoms with Crippen molar-refractivity contribution < 1.29 is 9.59 Å². The van der Waals surface area contributed by atoms with E-state index in [1.54, 1.807) is 0 Å². The third-order valence-corrected chi connectivity index (χ3v) is 3.33. The second-order valence-electron chi connectivity index (χ2n) is 3.63. The number of amides is 1. The predicted molar refractivity (Wildman–Crippen MR) is 60.9 cm³/mol. The Kier molecular flexibility index (Phi) is 2.61. The van der Waals surface area contributed by atoms with Gasteiger partial charge in [0.2, 0.25) is 5.91 Å². The van der Waals surface area contributed by atoms with Gasteiger partial charge in [0.15, 0.2) is 5.78 Å². The van der Waals surface area contributed by atoms with Crippen LogP contribution in [0.1, 0.15) is 12.0 Å². The third-order valence-electron chi connectivity index (χ3n) is 2.44. The molecule has 1 aliphatic rings. The second kappa shape index (κ2) is 3.77. The molecule has 0 unspecified atom stereocenters. The molecule has 1 amide bonds. The largest absolute Gasteiger partial charge is 0.305 e. The highest BCUT2D eigenvalue weighted by molar-refractivity contribution is 9.10. The minimum atomic E-state index is -0.110. The summed E-state index contributed by atoms with van der Waals surface area (Å²) in [4.78, 5) is 24.1. The summed E-state index contributed by atoms with van der Waals surface area (Å²) in [5, 5.41) is 0. The van der Waals surface area contributed by atoms with Crippen LogP contribution in [0.25, 0.3) is 0 Å². The van der Waals surface area contributed by atoms with Gasteiger partial charge in [-0.1, -0.05) is 15.9 Å². The molecule has 1 fully saturated rings. The molecule has 1 aliphatic heterocycles. The normalized spacial score (nSPS) is 16.3. The fourth-order valence-electron chi connectivity index (χ4n) is 1.62. The number of nitrogens with zero attached hydrogens (tertiary/aromatic N) is 1. The van der Waals surface area contributed by atoms with Gasteiger partial charge in [0.1, 0.15) is 0 Å². The van der Waals surface area contributed by atoms with Crippen LogP contribution in [0.5, 0.6) is 0 Å². The molecule has 1 heterocycles. The van der Waals surface area contributed by atoms with E-state index in [1.807, 2.05) is 25.1 Å². The fraction of sp³-hybridized carbons (Fsp3) is 0.273. The molecule has 1 aromatic carbocycles. The number of hydrogen-bond donors (Lipinski definition) is 0. The first-order chi connectivity index (χ1) is 7.08. The Labute approximate surface area is 96.2 Å². The highest BCUT2D eigenvalue weighted by Crippen LogP contribution is 2.25. The molecule has 2 rings (SSSR count). The molecular weight excluding hydrogens is 258 g/mol. The zero-order chi connectivity index (χ0) is 11.0. The molecule has 78 valence electrons. The number of anilines is 1. The molecule has 1 saturated heterocycles. The maximum Gasteiger partial charge on any atom is 0.234 e. The lowest BCUT2D eigenvalue weighted by Gasteiger charge is -2.15. The minimum absolute atomic E-state index is 0.0134. The van der Waals surface area contributed by atoms with Crippen molar-refractivity contribution in [2.45, 2.75) is 13.3 Å². The summed E-state index contributed by atoms with van der Waals surface area (Å²) in [5.41, 5.74) is 1.85. The van der Waals surface area contributed by atoms with Gasteiger partial charge < -0.3 is 4.90 Å². The molecular formula is C11H10BrNO2. The average Bonchev–Trinajstić information content (AvgIpc) is 2.50. The predicted octanol–water partition coefficient (Wildman–Crippen LogP) is 2.06. The minimum Gasteiger partial charge on any atom is -0.305 e. The van der Waals surface area contributed by atoms with Gasteiger partial charge in [0, 0.05) is 10.2 Å². The van der Waals surface area contributed by atoms with Crippen molar-refractivity contribution in [3.8, 4) is 0 Å². The number of carbonyl (C=O) groups is 2. The van der Waals surface area contributed by atoms with Gasteiger partial charge in [-0.25, -0.2) is 0 Å². The Morgan fingerprint density at radius 2 is 2.07 bits per heavy atom. The lowest BCUT2D eigenvalue weighted by Crippen LogP contribution is -2.24. The summed E-state index contributed by atoms with van der Waals surface area (Å²) in [6.07, 6.45) is 0.0368. The molecule has 0 radical (unpaired) electrons. The Morgan fingerprint density at radius 1 is 1.33 bits per heavy atom. The molecule has 0 aromatic heterocycles. The lowest BCUT2D eigenvalue weighted by atomic mass is 10.2. The first-order valence-electron chi connectivity index (χ1n) is 4.66. The zero-order valence-corrected chi connectivity index (χ0v) is 9.87. The zero-order valence-electron chi connectivity index (χ0n) is 8.29. The summed E-state index contributed by atoms with van der Waals surface area (Å²) >= 11 is 3.39. The van der Waals surface area contributed by atoms with E-state index in [4.69, 9.17) is 0 Å². The second-order valence-corrected chi connectivity index (χ2v) is 4.48. The summed E-state index contributed by atoms with van der Waals surface area (Å²) in [6, 6.07) is 5.63. The van der Waals surface area contributed by atoms with Gasteiger partial charge in [0.25, 0.3) is 0 Å². The number of aryl methyl sites for hydroxylation is 1. The van der Waals surface area contributed by atoms with Gasteiger partial charge in [-0.15, -0.1) is 0 Å². The Bertz CT molecular complexity index is 442. The van der Waals surface area contributed by atoms with E-state index in [0.29, 0.717) is 0 Å². The quantitative estimate of drug-likeness (QED) is 0.731. The number of Topliss-reactive ketones (excluding diaryl/α,β-unsaturated/α-hetero) is 1. The van der Waals surface area contributed by atoms with Crippen LogP contribution in [-0.4, -0.2) is 18.2 Å². The molecule has 3 nitrogen and oxygen atoms in total. The van der Waals surface area contributed by atoms with E-state index in [2.05, 4.69) is 15.9 Å². The van der Waals surface area contributed by atoms with Crippen molar-refractivity contribution in [2.75, 3.05) is 11.4 Å². The Balaban J connectivity index is 2.34. The van der Waals surface area contributed by atoms with Crippen molar-refractivity contribution in [3.63, 3.8) is 0 Å². The van der Waals surface area contributed by atoms with Gasteiger partial charge in [-0.2, -0.15) is 0 Å². The molecule has 0 saturated carbocycles. The van der Waals surface area contributed by atoms with Crippen LogP contribution < -0.4 is 4.90 Å². The molecule has 0 bridgehead atoms. The summed E-state index contributed by atoms with van der Waals surface area (Å²) < 4.78 is 1.00. The SMILES string of the molecule is Cc1cc(N2CC(=O)CC2=O)ccc1Br. The highest BCUT2D eigenvalue weighted by atomic mass is 79.9. The fourth-order valence-corrected chi connectivity index (χ4v) is 1.86. The summed E-state index contributed by atoms with van der Waals surface area (Å²) in [6.45, 7) is 2.16. The average molecular weight is 268 g/mol. The van der Waals surface area contributed by atoms with Gasteiger partial charge in [-0.05, 0) is 30.7 Å². The standard InChI is InChI=1S/C11H10BrNO2/c1-7-4-8(2-3-10(7)12)13-6-9(14)5-11(13)15/h2-4H,5-6H2,1H3. The van der Waals surface area contributed by atoms with Crippen molar-refractivity contribution in [1.82, 2.24) is 0 Å². The topological polar surface area (TPSA) is 37.4 Å². The third kappa shape index (κ3) is 1.95. The number of benzene rings is 1. The maximum atomic E-state index is 11.5. The van der Waals surface area contributed by atoms with E-state index < -0.39 is 0 Å². The van der Waals surface area contributed by atoms with E-state index >= 15 is 0 Å². The Hall–Kier alpha value is -1.16. The monoisotopic (exact) mass is 267 g/mol. The first kappa shape index (κ1) is 10.4. The number of ketones is 1. The van der Waals surface area contributed by atoms with Crippen LogP contribution in [0.2, 0.25) is 0 Å². The van der Waals surface area contributed by atoms with Crippen molar-refractivity contribution in [1.29, 1.82) is 0 Å². The van der Waals surface area contributed by atoms with Crippen LogP contribution >= 0.6 is 15.9 Å². The van der Waals surface area contributed by atoms with Crippen LogP contribution in [0.4, 0.5) is 5.69 Å². The van der Waals surface area contributed by atoms with Crippen molar-refractivity contribution in [2.24, 2.45) is 0 Å². The number of carbonyl (C=O) groups excluding carboxylic acids is 2. The van der Waals surface area contributed by atoms with Gasteiger partial charge >= 0.3 is 0 Å². The lowest BCUT2D eigenvalue weighted by molar-refractivity contribution is -0.121. The van der Waals surface area contributed by atoms with Crippen LogP contribution in [0, 0.1) is 6.92 Å². The van der Waals surface area contributed by atoms with Crippen LogP contribution in [0.15, 0.2) is 22.7 Å². The first-order valence-corrected chi connectivity index (χ1v) is 5.45. The van der Waals surface area contributed by atoms with E-state index in [9.17, 15) is 9.59 Å². The number of rotatable bonds is 1. The maximum absolute atomic E-state index is 11.5. The molecule has 0 atom stereocenters. The molecule has 15 heavy (non-hydrogen) atoms.